The third-order valence-corrected chi connectivity index (χ3v) is 5.01. The van der Waals surface area contributed by atoms with Crippen molar-refractivity contribution in [3.63, 3.8) is 0 Å². The van der Waals surface area contributed by atoms with Crippen molar-refractivity contribution >= 4 is 22.4 Å². The van der Waals surface area contributed by atoms with Gasteiger partial charge < -0.3 is 5.32 Å². The third kappa shape index (κ3) is 3.29. The molecule has 4 aromatic rings. The predicted octanol–water partition coefficient (Wildman–Crippen LogP) is 4.17. The number of anilines is 1. The van der Waals surface area contributed by atoms with Gasteiger partial charge in [0.05, 0.1) is 29.7 Å². The maximum absolute atomic E-state index is 12.7. The molecule has 0 aliphatic heterocycles. The lowest BCUT2D eigenvalue weighted by Crippen LogP contribution is -2.14. The van der Waals surface area contributed by atoms with Crippen molar-refractivity contribution in [3.8, 4) is 0 Å². The monoisotopic (exact) mass is 373 g/mol. The molecule has 2 heterocycles. The lowest BCUT2D eigenvalue weighted by molar-refractivity contribution is 0.102. The van der Waals surface area contributed by atoms with E-state index in [1.807, 2.05) is 48.5 Å². The SMILES string of the molecule is CCn1nc(C)c(C(=O)Nc2cnn(Cc3cccc4ccccc34)c2)c1C. The zero-order chi connectivity index (χ0) is 19.7. The first-order chi connectivity index (χ1) is 13.6. The summed E-state index contributed by atoms with van der Waals surface area (Å²) >= 11 is 0. The van der Waals surface area contributed by atoms with Crippen molar-refractivity contribution in [3.05, 3.63) is 77.4 Å². The van der Waals surface area contributed by atoms with E-state index in [0.717, 1.165) is 17.9 Å². The number of hydrogen-bond donors (Lipinski definition) is 1. The molecular weight excluding hydrogens is 350 g/mol. The van der Waals surface area contributed by atoms with Gasteiger partial charge in [-0.2, -0.15) is 10.2 Å². The summed E-state index contributed by atoms with van der Waals surface area (Å²) in [6.45, 7) is 7.17. The minimum atomic E-state index is -0.153. The number of amides is 1. The molecule has 6 heteroatoms. The first kappa shape index (κ1) is 18.0. The van der Waals surface area contributed by atoms with Crippen LogP contribution in [0.3, 0.4) is 0 Å². The van der Waals surface area contributed by atoms with E-state index in [1.54, 1.807) is 6.20 Å². The number of aromatic nitrogens is 4. The van der Waals surface area contributed by atoms with Gasteiger partial charge in [0.25, 0.3) is 5.91 Å². The number of nitrogens with one attached hydrogen (secondary N) is 1. The summed E-state index contributed by atoms with van der Waals surface area (Å²) in [5, 5.41) is 14.2. The summed E-state index contributed by atoms with van der Waals surface area (Å²) in [5.41, 5.74) is 4.10. The van der Waals surface area contributed by atoms with Crippen LogP contribution in [0.4, 0.5) is 5.69 Å². The summed E-state index contributed by atoms with van der Waals surface area (Å²) in [7, 11) is 0. The molecule has 28 heavy (non-hydrogen) atoms. The van der Waals surface area contributed by atoms with Crippen LogP contribution in [-0.4, -0.2) is 25.5 Å². The van der Waals surface area contributed by atoms with E-state index in [1.165, 1.54) is 16.3 Å². The zero-order valence-corrected chi connectivity index (χ0v) is 16.3. The molecule has 1 N–H and O–H groups in total. The van der Waals surface area contributed by atoms with Crippen LogP contribution in [0.5, 0.6) is 0 Å². The van der Waals surface area contributed by atoms with Gasteiger partial charge in [0.15, 0.2) is 0 Å². The summed E-state index contributed by atoms with van der Waals surface area (Å²) < 4.78 is 3.68. The Morgan fingerprint density at radius 1 is 1.11 bits per heavy atom. The van der Waals surface area contributed by atoms with Gasteiger partial charge in [0, 0.05) is 18.4 Å². The zero-order valence-electron chi connectivity index (χ0n) is 16.3. The van der Waals surface area contributed by atoms with Crippen LogP contribution in [0.15, 0.2) is 54.9 Å². The molecule has 1 amide bonds. The van der Waals surface area contributed by atoms with Crippen LogP contribution >= 0.6 is 0 Å². The Bertz CT molecular complexity index is 1150. The maximum Gasteiger partial charge on any atom is 0.259 e. The maximum atomic E-state index is 12.7. The van der Waals surface area contributed by atoms with Gasteiger partial charge in [0.2, 0.25) is 0 Å². The van der Waals surface area contributed by atoms with Crippen LogP contribution in [0.1, 0.15) is 34.2 Å². The normalized spacial score (nSPS) is 11.1. The Labute approximate surface area is 163 Å². The third-order valence-electron chi connectivity index (χ3n) is 5.01. The predicted molar refractivity (Wildman–Crippen MR) is 111 cm³/mol. The molecule has 0 fully saturated rings. The molecule has 2 aromatic carbocycles. The molecule has 0 saturated carbocycles. The van der Waals surface area contributed by atoms with Crippen molar-refractivity contribution < 1.29 is 4.79 Å². The number of nitrogens with zero attached hydrogens (tertiary/aromatic N) is 4. The molecule has 0 atom stereocenters. The number of rotatable bonds is 5. The smallest absolute Gasteiger partial charge is 0.259 e. The summed E-state index contributed by atoms with van der Waals surface area (Å²) in [4.78, 5) is 12.7. The molecule has 0 radical (unpaired) electrons. The van der Waals surface area contributed by atoms with Gasteiger partial charge in [-0.25, -0.2) is 0 Å². The fourth-order valence-corrected chi connectivity index (χ4v) is 3.65. The van der Waals surface area contributed by atoms with Crippen molar-refractivity contribution in [2.45, 2.75) is 33.9 Å². The lowest BCUT2D eigenvalue weighted by Gasteiger charge is -2.07. The average molecular weight is 373 g/mol. The van der Waals surface area contributed by atoms with Crippen LogP contribution in [-0.2, 0) is 13.1 Å². The van der Waals surface area contributed by atoms with Gasteiger partial charge in [-0.15, -0.1) is 0 Å². The van der Waals surface area contributed by atoms with Crippen molar-refractivity contribution in [2.75, 3.05) is 5.32 Å². The molecule has 0 aliphatic carbocycles. The van der Waals surface area contributed by atoms with Crippen LogP contribution in [0.2, 0.25) is 0 Å². The quantitative estimate of drug-likeness (QED) is 0.571. The Morgan fingerprint density at radius 2 is 1.89 bits per heavy atom. The number of benzene rings is 2. The first-order valence-electron chi connectivity index (χ1n) is 9.41. The molecule has 0 spiro atoms. The average Bonchev–Trinajstić information content (AvgIpc) is 3.25. The van der Waals surface area contributed by atoms with Gasteiger partial charge >= 0.3 is 0 Å². The second-order valence-electron chi connectivity index (χ2n) is 6.88. The van der Waals surface area contributed by atoms with E-state index in [-0.39, 0.29) is 5.91 Å². The Balaban J connectivity index is 1.53. The molecule has 142 valence electrons. The minimum absolute atomic E-state index is 0.153. The molecular formula is C22H23N5O. The van der Waals surface area contributed by atoms with E-state index in [9.17, 15) is 4.79 Å². The first-order valence-corrected chi connectivity index (χ1v) is 9.41. The highest BCUT2D eigenvalue weighted by molar-refractivity contribution is 6.05. The highest BCUT2D eigenvalue weighted by Gasteiger charge is 2.18. The van der Waals surface area contributed by atoms with Crippen molar-refractivity contribution in [2.24, 2.45) is 0 Å². The second kappa shape index (κ2) is 7.31. The molecule has 0 bridgehead atoms. The number of hydrogen-bond acceptors (Lipinski definition) is 3. The molecule has 0 unspecified atom stereocenters. The summed E-state index contributed by atoms with van der Waals surface area (Å²) in [6.07, 6.45) is 3.53. The van der Waals surface area contributed by atoms with Crippen LogP contribution < -0.4 is 5.32 Å². The van der Waals surface area contributed by atoms with E-state index < -0.39 is 0 Å². The summed E-state index contributed by atoms with van der Waals surface area (Å²) in [5.74, 6) is -0.153. The van der Waals surface area contributed by atoms with Crippen molar-refractivity contribution in [1.82, 2.24) is 19.6 Å². The van der Waals surface area contributed by atoms with Crippen molar-refractivity contribution in [1.29, 1.82) is 0 Å². The number of carbonyl (C=O) groups is 1. The standard InChI is InChI=1S/C22H23N5O/c1-4-27-16(3)21(15(2)25-27)22(28)24-19-12-23-26(14-19)13-18-10-7-9-17-8-5-6-11-20(17)18/h5-12,14H,4,13H2,1-3H3,(H,24,28). The van der Waals surface area contributed by atoms with E-state index in [2.05, 4.69) is 45.8 Å². The van der Waals surface area contributed by atoms with E-state index >= 15 is 0 Å². The van der Waals surface area contributed by atoms with Gasteiger partial charge in [-0.05, 0) is 37.1 Å². The van der Waals surface area contributed by atoms with Crippen LogP contribution in [0.25, 0.3) is 10.8 Å². The van der Waals surface area contributed by atoms with Gasteiger partial charge in [-0.3, -0.25) is 14.2 Å². The Hall–Kier alpha value is -3.41. The van der Waals surface area contributed by atoms with Gasteiger partial charge in [-0.1, -0.05) is 42.5 Å². The van der Waals surface area contributed by atoms with E-state index in [0.29, 0.717) is 17.8 Å². The Kier molecular flexibility index (Phi) is 4.69. The molecule has 0 saturated heterocycles. The number of carbonyl (C=O) groups excluding carboxylic acids is 1. The minimum Gasteiger partial charge on any atom is -0.319 e. The van der Waals surface area contributed by atoms with E-state index in [4.69, 9.17) is 0 Å². The Morgan fingerprint density at radius 3 is 2.68 bits per heavy atom. The number of aryl methyl sites for hydroxylation is 2. The summed E-state index contributed by atoms with van der Waals surface area (Å²) in [6, 6.07) is 14.6. The highest BCUT2D eigenvalue weighted by Crippen LogP contribution is 2.20. The fourth-order valence-electron chi connectivity index (χ4n) is 3.65. The number of fused-ring (bicyclic) bond motifs is 1. The molecule has 4 rings (SSSR count). The van der Waals surface area contributed by atoms with Gasteiger partial charge in [0.1, 0.15) is 0 Å². The molecule has 0 aliphatic rings. The molecule has 6 nitrogen and oxygen atoms in total. The lowest BCUT2D eigenvalue weighted by atomic mass is 10.0. The fraction of sp³-hybridized carbons (Fsp3) is 0.227. The highest BCUT2D eigenvalue weighted by atomic mass is 16.1. The second-order valence-corrected chi connectivity index (χ2v) is 6.88. The topological polar surface area (TPSA) is 64.7 Å². The molecule has 2 aromatic heterocycles. The largest absolute Gasteiger partial charge is 0.319 e. The van der Waals surface area contributed by atoms with Crippen LogP contribution in [0, 0.1) is 13.8 Å².